The molecule has 0 atom stereocenters. The van der Waals surface area contributed by atoms with Crippen molar-refractivity contribution in [3.8, 4) is 11.5 Å². The Balaban J connectivity index is 1.91. The van der Waals surface area contributed by atoms with Gasteiger partial charge in [0.15, 0.2) is 0 Å². The average molecular weight is 318 g/mol. The number of nitrogens with zero attached hydrogens (tertiary/aromatic N) is 2. The van der Waals surface area contributed by atoms with Crippen molar-refractivity contribution in [1.29, 1.82) is 0 Å². The molecular weight excluding hydrogens is 304 g/mol. The molecule has 0 fully saturated rings. The Morgan fingerprint density at radius 2 is 1.65 bits per heavy atom. The van der Waals surface area contributed by atoms with Gasteiger partial charge in [-0.25, -0.2) is 0 Å². The molecule has 8 nitrogen and oxygen atoms in total. The number of hydrogen-bond acceptors (Lipinski definition) is 6. The van der Waals surface area contributed by atoms with Gasteiger partial charge >= 0.3 is 0 Å². The number of benzene rings is 2. The first kappa shape index (κ1) is 16.2. The van der Waals surface area contributed by atoms with Gasteiger partial charge in [-0.05, 0) is 19.1 Å². The lowest BCUT2D eigenvalue weighted by Gasteiger charge is -2.10. The highest BCUT2D eigenvalue weighted by Gasteiger charge is 2.14. The highest BCUT2D eigenvalue weighted by Crippen LogP contribution is 2.27. The summed E-state index contributed by atoms with van der Waals surface area (Å²) >= 11 is 0. The first-order valence-corrected chi connectivity index (χ1v) is 6.73. The van der Waals surface area contributed by atoms with Crippen LogP contribution >= 0.6 is 0 Å². The Morgan fingerprint density at radius 1 is 0.957 bits per heavy atom. The van der Waals surface area contributed by atoms with Gasteiger partial charge in [-0.3, -0.25) is 20.2 Å². The van der Waals surface area contributed by atoms with Gasteiger partial charge in [0.2, 0.25) is 0 Å². The van der Waals surface area contributed by atoms with E-state index in [1.54, 1.807) is 25.1 Å². The lowest BCUT2D eigenvalue weighted by molar-refractivity contribution is -0.385. The quantitative estimate of drug-likeness (QED) is 0.441. The maximum absolute atomic E-state index is 10.8. The number of ether oxygens (including phenoxy) is 2. The van der Waals surface area contributed by atoms with Crippen molar-refractivity contribution in [2.24, 2.45) is 0 Å². The molecule has 0 N–H and O–H groups in total. The van der Waals surface area contributed by atoms with Crippen molar-refractivity contribution in [3.63, 3.8) is 0 Å². The van der Waals surface area contributed by atoms with E-state index in [0.29, 0.717) is 17.1 Å². The van der Waals surface area contributed by atoms with Gasteiger partial charge in [0.05, 0.1) is 21.5 Å². The van der Waals surface area contributed by atoms with Crippen molar-refractivity contribution in [2.75, 3.05) is 13.2 Å². The summed E-state index contributed by atoms with van der Waals surface area (Å²) in [6.45, 7) is 1.92. The van der Waals surface area contributed by atoms with E-state index in [4.69, 9.17) is 9.47 Å². The number of hydrogen-bond donors (Lipinski definition) is 0. The minimum Gasteiger partial charge on any atom is -0.490 e. The van der Waals surface area contributed by atoms with Crippen LogP contribution in [0.1, 0.15) is 5.56 Å². The molecule has 0 amide bonds. The molecule has 0 unspecified atom stereocenters. The Kier molecular flexibility index (Phi) is 5.08. The van der Waals surface area contributed by atoms with Crippen molar-refractivity contribution >= 4 is 11.4 Å². The van der Waals surface area contributed by atoms with Crippen LogP contribution in [-0.4, -0.2) is 23.1 Å². The smallest absolute Gasteiger partial charge is 0.276 e. The molecule has 0 heterocycles. The fourth-order valence-corrected chi connectivity index (χ4v) is 1.96. The minimum absolute atomic E-state index is 0.0119. The van der Waals surface area contributed by atoms with Crippen LogP contribution in [0.25, 0.3) is 0 Å². The molecular formula is C15H14N2O6. The molecule has 2 rings (SSSR count). The predicted molar refractivity (Wildman–Crippen MR) is 81.9 cm³/mol. The summed E-state index contributed by atoms with van der Waals surface area (Å²) in [4.78, 5) is 20.5. The van der Waals surface area contributed by atoms with Gasteiger partial charge in [-0.15, -0.1) is 0 Å². The number of rotatable bonds is 7. The van der Waals surface area contributed by atoms with Crippen molar-refractivity contribution in [2.45, 2.75) is 6.92 Å². The zero-order valence-electron chi connectivity index (χ0n) is 12.3. The Hall–Kier alpha value is -3.16. The second kappa shape index (κ2) is 7.21. The number of nitro benzene ring substituents is 2. The first-order chi connectivity index (χ1) is 11.0. The summed E-state index contributed by atoms with van der Waals surface area (Å²) in [5.74, 6) is 0.764. The van der Waals surface area contributed by atoms with Crippen LogP contribution in [0.4, 0.5) is 11.4 Å². The van der Waals surface area contributed by atoms with E-state index in [0.717, 1.165) is 0 Å². The van der Waals surface area contributed by atoms with Gasteiger partial charge < -0.3 is 9.47 Å². The van der Waals surface area contributed by atoms with E-state index in [9.17, 15) is 20.2 Å². The number of non-ortho nitro benzene ring substituents is 1. The van der Waals surface area contributed by atoms with Crippen molar-refractivity contribution < 1.29 is 19.3 Å². The zero-order valence-corrected chi connectivity index (χ0v) is 12.3. The van der Waals surface area contributed by atoms with Crippen LogP contribution < -0.4 is 9.47 Å². The Labute approximate surface area is 131 Å². The fraction of sp³-hybridized carbons (Fsp3) is 0.200. The summed E-state index contributed by atoms with van der Waals surface area (Å²) in [5, 5.41) is 21.5. The van der Waals surface area contributed by atoms with Gasteiger partial charge in [-0.1, -0.05) is 12.1 Å². The molecule has 0 bridgehead atoms. The van der Waals surface area contributed by atoms with E-state index in [2.05, 4.69) is 0 Å². The van der Waals surface area contributed by atoms with E-state index < -0.39 is 9.85 Å². The van der Waals surface area contributed by atoms with E-state index in [-0.39, 0.29) is 24.6 Å². The normalized spacial score (nSPS) is 10.1. The lowest BCUT2D eigenvalue weighted by atomic mass is 10.2. The van der Waals surface area contributed by atoms with Crippen LogP contribution in [0, 0.1) is 27.2 Å². The highest BCUT2D eigenvalue weighted by atomic mass is 16.6. The Morgan fingerprint density at radius 3 is 2.35 bits per heavy atom. The molecule has 0 saturated carbocycles. The molecule has 23 heavy (non-hydrogen) atoms. The van der Waals surface area contributed by atoms with E-state index >= 15 is 0 Å². The molecule has 2 aromatic rings. The summed E-state index contributed by atoms with van der Waals surface area (Å²) in [6, 6.07) is 10.4. The van der Waals surface area contributed by atoms with Gasteiger partial charge in [-0.2, -0.15) is 0 Å². The van der Waals surface area contributed by atoms with Gasteiger partial charge in [0, 0.05) is 12.1 Å². The largest absolute Gasteiger partial charge is 0.490 e. The van der Waals surface area contributed by atoms with Crippen molar-refractivity contribution in [1.82, 2.24) is 0 Å². The summed E-state index contributed by atoms with van der Waals surface area (Å²) in [6.07, 6.45) is 0. The van der Waals surface area contributed by atoms with Crippen LogP contribution in [-0.2, 0) is 0 Å². The molecule has 2 aromatic carbocycles. The average Bonchev–Trinajstić information content (AvgIpc) is 2.53. The van der Waals surface area contributed by atoms with Crippen molar-refractivity contribution in [3.05, 3.63) is 68.3 Å². The fourth-order valence-electron chi connectivity index (χ4n) is 1.96. The molecule has 0 saturated heterocycles. The van der Waals surface area contributed by atoms with Crippen LogP contribution in [0.15, 0.2) is 42.5 Å². The van der Waals surface area contributed by atoms with Crippen LogP contribution in [0.5, 0.6) is 11.5 Å². The standard InChI is InChI=1S/C15H14N2O6/c1-11-14(17(20)21)6-3-7-15(11)23-9-8-22-13-5-2-4-12(10-13)16(18)19/h2-7,10H,8-9H2,1H3. The van der Waals surface area contributed by atoms with E-state index in [1.165, 1.54) is 24.3 Å². The third-order valence-corrected chi connectivity index (χ3v) is 3.09. The third kappa shape index (κ3) is 4.16. The van der Waals surface area contributed by atoms with Gasteiger partial charge in [0.25, 0.3) is 11.4 Å². The molecule has 0 aromatic heterocycles. The maximum Gasteiger partial charge on any atom is 0.276 e. The van der Waals surface area contributed by atoms with E-state index in [1.807, 2.05) is 0 Å². The maximum atomic E-state index is 10.8. The Bertz CT molecular complexity index is 732. The highest BCUT2D eigenvalue weighted by molar-refractivity contribution is 5.48. The van der Waals surface area contributed by atoms with Crippen LogP contribution in [0.2, 0.25) is 0 Å². The third-order valence-electron chi connectivity index (χ3n) is 3.09. The summed E-state index contributed by atoms with van der Waals surface area (Å²) in [5.41, 5.74) is 0.368. The molecule has 120 valence electrons. The molecule has 0 aliphatic carbocycles. The monoisotopic (exact) mass is 318 g/mol. The SMILES string of the molecule is Cc1c(OCCOc2cccc([N+](=O)[O-])c2)cccc1[N+](=O)[O-]. The van der Waals surface area contributed by atoms with Crippen LogP contribution in [0.3, 0.4) is 0 Å². The molecule has 0 aliphatic rings. The topological polar surface area (TPSA) is 105 Å². The molecule has 0 radical (unpaired) electrons. The predicted octanol–water partition coefficient (Wildman–Crippen LogP) is 3.27. The second-order valence-corrected chi connectivity index (χ2v) is 4.61. The zero-order chi connectivity index (χ0) is 16.8. The van der Waals surface area contributed by atoms with Gasteiger partial charge in [0.1, 0.15) is 24.7 Å². The summed E-state index contributed by atoms with van der Waals surface area (Å²) < 4.78 is 10.8. The summed E-state index contributed by atoms with van der Waals surface area (Å²) in [7, 11) is 0. The molecule has 0 spiro atoms. The first-order valence-electron chi connectivity index (χ1n) is 6.73. The number of nitro groups is 2. The minimum atomic E-state index is -0.504. The molecule has 0 aliphatic heterocycles. The lowest BCUT2D eigenvalue weighted by Crippen LogP contribution is -2.10. The second-order valence-electron chi connectivity index (χ2n) is 4.61. The molecule has 8 heteroatoms.